The summed E-state index contributed by atoms with van der Waals surface area (Å²) in [5.41, 5.74) is 1.95. The molecule has 0 atom stereocenters. The molecule has 138 valence electrons. The molecule has 2 heterocycles. The van der Waals surface area contributed by atoms with Crippen molar-refractivity contribution in [3.05, 3.63) is 86.7 Å². The standard InChI is InChI=1S/C21H13BrN2O4/c22-18-12-15(24(26)27)7-10-17(18)20-11-9-16(28-20)8-6-14-5-4-13-2-1-3-19(25)21(13)23-14/h1-12,25H/b8-6+. The Hall–Kier alpha value is -3.45. The quantitative estimate of drug-likeness (QED) is 0.311. The number of halogens is 1. The molecule has 4 aromatic rings. The van der Waals surface area contributed by atoms with Gasteiger partial charge in [0.1, 0.15) is 22.8 Å². The molecule has 0 fully saturated rings. The Labute approximate surface area is 168 Å². The van der Waals surface area contributed by atoms with Gasteiger partial charge in [-0.25, -0.2) is 4.98 Å². The monoisotopic (exact) mass is 436 g/mol. The molecule has 0 spiro atoms. The maximum atomic E-state index is 10.9. The van der Waals surface area contributed by atoms with E-state index >= 15 is 0 Å². The third-order valence-electron chi connectivity index (χ3n) is 4.19. The summed E-state index contributed by atoms with van der Waals surface area (Å²) < 4.78 is 6.40. The van der Waals surface area contributed by atoms with Gasteiger partial charge in [0.2, 0.25) is 0 Å². The zero-order valence-corrected chi connectivity index (χ0v) is 16.0. The van der Waals surface area contributed by atoms with Crippen LogP contribution in [-0.4, -0.2) is 15.0 Å². The van der Waals surface area contributed by atoms with E-state index in [9.17, 15) is 15.2 Å². The van der Waals surface area contributed by atoms with Crippen molar-refractivity contribution in [3.8, 4) is 17.1 Å². The number of para-hydroxylation sites is 1. The van der Waals surface area contributed by atoms with Crippen LogP contribution in [0, 0.1) is 10.1 Å². The first-order chi connectivity index (χ1) is 13.5. The lowest BCUT2D eigenvalue weighted by atomic mass is 10.1. The lowest BCUT2D eigenvalue weighted by Gasteiger charge is -2.01. The number of furan rings is 1. The van der Waals surface area contributed by atoms with Gasteiger partial charge in [-0.1, -0.05) is 18.2 Å². The van der Waals surface area contributed by atoms with Crippen LogP contribution in [0.5, 0.6) is 5.75 Å². The third kappa shape index (κ3) is 3.52. The molecule has 0 bridgehead atoms. The fourth-order valence-corrected chi connectivity index (χ4v) is 3.37. The predicted octanol–water partition coefficient (Wildman–Crippen LogP) is 6.04. The van der Waals surface area contributed by atoms with Crippen molar-refractivity contribution in [3.63, 3.8) is 0 Å². The molecule has 0 saturated heterocycles. The second kappa shape index (κ2) is 7.28. The Bertz CT molecular complexity index is 1230. The molecule has 0 radical (unpaired) electrons. The molecule has 2 aromatic heterocycles. The molecular formula is C21H13BrN2O4. The van der Waals surface area contributed by atoms with Gasteiger partial charge < -0.3 is 9.52 Å². The highest BCUT2D eigenvalue weighted by Crippen LogP contribution is 2.33. The molecule has 28 heavy (non-hydrogen) atoms. The SMILES string of the molecule is O=[N+]([O-])c1ccc(-c2ccc(/C=C/c3ccc4cccc(O)c4n3)o2)c(Br)c1. The summed E-state index contributed by atoms with van der Waals surface area (Å²) >= 11 is 3.35. The summed E-state index contributed by atoms with van der Waals surface area (Å²) in [4.78, 5) is 14.9. The molecule has 6 nitrogen and oxygen atoms in total. The van der Waals surface area contributed by atoms with Gasteiger partial charge >= 0.3 is 0 Å². The molecule has 0 amide bonds. The van der Waals surface area contributed by atoms with Gasteiger partial charge in [0.25, 0.3) is 5.69 Å². The first-order valence-corrected chi connectivity index (χ1v) is 9.11. The molecular weight excluding hydrogens is 424 g/mol. The predicted molar refractivity (Wildman–Crippen MR) is 111 cm³/mol. The number of benzene rings is 2. The van der Waals surface area contributed by atoms with Gasteiger partial charge in [0.15, 0.2) is 0 Å². The minimum atomic E-state index is -0.445. The number of nitro groups is 1. The minimum absolute atomic E-state index is 0.00734. The molecule has 4 rings (SSSR count). The number of rotatable bonds is 4. The van der Waals surface area contributed by atoms with E-state index in [0.29, 0.717) is 27.2 Å². The summed E-state index contributed by atoms with van der Waals surface area (Å²) in [5.74, 6) is 1.33. The highest BCUT2D eigenvalue weighted by molar-refractivity contribution is 9.10. The van der Waals surface area contributed by atoms with Crippen LogP contribution >= 0.6 is 15.9 Å². The number of hydrogen-bond acceptors (Lipinski definition) is 5. The molecule has 7 heteroatoms. The normalized spacial score (nSPS) is 11.3. The van der Waals surface area contributed by atoms with Crippen molar-refractivity contribution >= 4 is 44.7 Å². The molecule has 0 unspecified atom stereocenters. The molecule has 0 aliphatic carbocycles. The van der Waals surface area contributed by atoms with E-state index in [2.05, 4.69) is 20.9 Å². The van der Waals surface area contributed by atoms with Crippen LogP contribution < -0.4 is 0 Å². The second-order valence-electron chi connectivity index (χ2n) is 6.04. The third-order valence-corrected chi connectivity index (χ3v) is 4.85. The first kappa shape index (κ1) is 17.9. The summed E-state index contributed by atoms with van der Waals surface area (Å²) in [6.45, 7) is 0. The maximum Gasteiger partial charge on any atom is 0.270 e. The van der Waals surface area contributed by atoms with Gasteiger partial charge in [-0.2, -0.15) is 0 Å². The Balaban J connectivity index is 1.60. The van der Waals surface area contributed by atoms with Gasteiger partial charge in [-0.3, -0.25) is 10.1 Å². The highest BCUT2D eigenvalue weighted by Gasteiger charge is 2.12. The maximum absolute atomic E-state index is 10.9. The van der Waals surface area contributed by atoms with Gasteiger partial charge in [0, 0.05) is 27.6 Å². The summed E-state index contributed by atoms with van der Waals surface area (Å²) in [6.07, 6.45) is 3.57. The van der Waals surface area contributed by atoms with Crippen molar-refractivity contribution < 1.29 is 14.4 Å². The number of non-ortho nitro benzene ring substituents is 1. The smallest absolute Gasteiger partial charge is 0.270 e. The number of aromatic hydroxyl groups is 1. The van der Waals surface area contributed by atoms with Crippen LogP contribution in [0.25, 0.3) is 34.4 Å². The van der Waals surface area contributed by atoms with Crippen LogP contribution in [0.4, 0.5) is 5.69 Å². The van der Waals surface area contributed by atoms with Gasteiger partial charge in [0.05, 0.1) is 10.6 Å². The largest absolute Gasteiger partial charge is 0.506 e. The number of nitro benzene ring substituents is 1. The Morgan fingerprint density at radius 2 is 1.93 bits per heavy atom. The number of phenols is 1. The lowest BCUT2D eigenvalue weighted by molar-refractivity contribution is -0.384. The van der Waals surface area contributed by atoms with Crippen LogP contribution in [0.15, 0.2) is 69.6 Å². The number of hydrogen-bond donors (Lipinski definition) is 1. The first-order valence-electron chi connectivity index (χ1n) is 8.32. The second-order valence-corrected chi connectivity index (χ2v) is 6.90. The number of nitrogens with zero attached hydrogens (tertiary/aromatic N) is 2. The van der Waals surface area contributed by atoms with E-state index in [1.165, 1.54) is 12.1 Å². The van der Waals surface area contributed by atoms with Crippen molar-refractivity contribution in [1.29, 1.82) is 0 Å². The Kier molecular flexibility index (Phi) is 4.67. The average molecular weight is 437 g/mol. The van der Waals surface area contributed by atoms with Crippen LogP contribution in [0.3, 0.4) is 0 Å². The summed E-state index contributed by atoms with van der Waals surface area (Å²) in [6, 6.07) is 17.1. The highest BCUT2D eigenvalue weighted by atomic mass is 79.9. The molecule has 0 aliphatic rings. The number of aromatic nitrogens is 1. The van der Waals surface area contributed by atoms with E-state index in [-0.39, 0.29) is 11.4 Å². The molecule has 2 aromatic carbocycles. The zero-order valence-electron chi connectivity index (χ0n) is 14.4. The van der Waals surface area contributed by atoms with Gasteiger partial charge in [-0.05, 0) is 58.4 Å². The summed E-state index contributed by atoms with van der Waals surface area (Å²) in [7, 11) is 0. The van der Waals surface area contributed by atoms with Crippen LogP contribution in [0.1, 0.15) is 11.5 Å². The molecule has 0 aliphatic heterocycles. The van der Waals surface area contributed by atoms with Crippen LogP contribution in [-0.2, 0) is 0 Å². The summed E-state index contributed by atoms with van der Waals surface area (Å²) in [5, 5.41) is 21.7. The number of pyridine rings is 1. The van der Waals surface area contributed by atoms with E-state index in [1.807, 2.05) is 18.2 Å². The van der Waals surface area contributed by atoms with E-state index in [0.717, 1.165) is 10.9 Å². The van der Waals surface area contributed by atoms with Crippen molar-refractivity contribution in [1.82, 2.24) is 4.98 Å². The van der Waals surface area contributed by atoms with E-state index in [4.69, 9.17) is 4.42 Å². The van der Waals surface area contributed by atoms with Crippen molar-refractivity contribution in [2.45, 2.75) is 0 Å². The molecule has 0 saturated carbocycles. The fourth-order valence-electron chi connectivity index (χ4n) is 2.81. The number of phenolic OH excluding ortho intramolecular Hbond substituents is 1. The fraction of sp³-hybridized carbons (Fsp3) is 0. The van der Waals surface area contributed by atoms with Crippen molar-refractivity contribution in [2.24, 2.45) is 0 Å². The van der Waals surface area contributed by atoms with Crippen molar-refractivity contribution in [2.75, 3.05) is 0 Å². The van der Waals surface area contributed by atoms with Crippen LogP contribution in [0.2, 0.25) is 0 Å². The lowest BCUT2D eigenvalue weighted by Crippen LogP contribution is -1.88. The Morgan fingerprint density at radius 3 is 2.71 bits per heavy atom. The molecule has 1 N–H and O–H groups in total. The topological polar surface area (TPSA) is 89.4 Å². The number of fused-ring (bicyclic) bond motifs is 1. The van der Waals surface area contributed by atoms with Gasteiger partial charge in [-0.15, -0.1) is 0 Å². The van der Waals surface area contributed by atoms with E-state index < -0.39 is 4.92 Å². The van der Waals surface area contributed by atoms with E-state index in [1.54, 1.807) is 42.5 Å². The average Bonchev–Trinajstić information content (AvgIpc) is 3.15. The zero-order chi connectivity index (χ0) is 19.7. The Morgan fingerprint density at radius 1 is 1.07 bits per heavy atom. The minimum Gasteiger partial charge on any atom is -0.506 e.